The predicted octanol–water partition coefficient (Wildman–Crippen LogP) is 2.79. The Morgan fingerprint density at radius 1 is 1.33 bits per heavy atom. The quantitative estimate of drug-likeness (QED) is 0.857. The average Bonchev–Trinajstić information content (AvgIpc) is 2.50. The fraction of sp³-hybridized carbons (Fsp3) is 0.412. The number of fused-ring (bicyclic) bond motifs is 1. The van der Waals surface area contributed by atoms with E-state index in [9.17, 15) is 4.79 Å². The fourth-order valence-corrected chi connectivity index (χ4v) is 2.39. The van der Waals surface area contributed by atoms with E-state index in [1.807, 2.05) is 37.3 Å². The van der Waals surface area contributed by atoms with Crippen LogP contribution >= 0.6 is 0 Å². The van der Waals surface area contributed by atoms with Crippen LogP contribution in [0.25, 0.3) is 10.9 Å². The molecule has 4 nitrogen and oxygen atoms in total. The number of benzene rings is 1. The number of para-hydroxylation sites is 1. The molecule has 0 saturated heterocycles. The molecule has 0 bridgehead atoms. The Hall–Kier alpha value is -1.94. The van der Waals surface area contributed by atoms with Crippen molar-refractivity contribution in [2.24, 2.45) is 5.73 Å². The van der Waals surface area contributed by atoms with Gasteiger partial charge in [0.2, 0.25) is 0 Å². The summed E-state index contributed by atoms with van der Waals surface area (Å²) in [6.07, 6.45) is 3.08. The molecule has 3 N–H and O–H groups in total. The van der Waals surface area contributed by atoms with Crippen molar-refractivity contribution >= 4 is 16.8 Å². The van der Waals surface area contributed by atoms with Gasteiger partial charge in [-0.25, -0.2) is 0 Å². The number of aromatic nitrogens is 1. The molecular weight excluding hydrogens is 262 g/mol. The first kappa shape index (κ1) is 15.4. The Morgan fingerprint density at radius 3 is 2.86 bits per heavy atom. The van der Waals surface area contributed by atoms with Crippen LogP contribution in [0.1, 0.15) is 42.2 Å². The van der Waals surface area contributed by atoms with Gasteiger partial charge in [-0.2, -0.15) is 0 Å². The lowest BCUT2D eigenvalue weighted by molar-refractivity contribution is 0.0937. The molecule has 4 heteroatoms. The first-order valence-electron chi connectivity index (χ1n) is 7.53. The first-order chi connectivity index (χ1) is 10.2. The number of carbonyl (C=O) groups is 1. The summed E-state index contributed by atoms with van der Waals surface area (Å²) in [6.45, 7) is 4.52. The molecule has 0 spiro atoms. The summed E-state index contributed by atoms with van der Waals surface area (Å²) in [5, 5.41) is 4.00. The van der Waals surface area contributed by atoms with Gasteiger partial charge < -0.3 is 11.1 Å². The number of nitrogens with two attached hydrogens (primary N) is 1. The molecule has 21 heavy (non-hydrogen) atoms. The van der Waals surface area contributed by atoms with Crippen molar-refractivity contribution in [2.75, 3.05) is 6.54 Å². The minimum Gasteiger partial charge on any atom is -0.348 e. The number of pyridine rings is 1. The van der Waals surface area contributed by atoms with Gasteiger partial charge in [0.1, 0.15) is 0 Å². The van der Waals surface area contributed by atoms with E-state index in [0.717, 1.165) is 35.9 Å². The summed E-state index contributed by atoms with van der Waals surface area (Å²) in [4.78, 5) is 17.0. The highest BCUT2D eigenvalue weighted by Gasteiger charge is 2.15. The van der Waals surface area contributed by atoms with Crippen LogP contribution < -0.4 is 11.1 Å². The zero-order valence-electron chi connectivity index (χ0n) is 12.7. The number of nitrogens with one attached hydrogen (secondary N) is 1. The molecule has 2 rings (SSSR count). The van der Waals surface area contributed by atoms with Crippen molar-refractivity contribution in [3.63, 3.8) is 0 Å². The number of amides is 1. The van der Waals surface area contributed by atoms with Crippen molar-refractivity contribution in [3.05, 3.63) is 41.6 Å². The highest BCUT2D eigenvalue weighted by atomic mass is 16.1. The zero-order valence-corrected chi connectivity index (χ0v) is 12.7. The number of unbranched alkanes of at least 4 members (excludes halogenated alkanes) is 1. The second-order valence-electron chi connectivity index (χ2n) is 5.38. The lowest BCUT2D eigenvalue weighted by atomic mass is 10.1. The summed E-state index contributed by atoms with van der Waals surface area (Å²) in [5.74, 6) is -0.0924. The molecule has 1 heterocycles. The SMILES string of the molecule is CCCCC(CN)NC(=O)c1cccc2ccc(C)nc12. The molecule has 0 aliphatic heterocycles. The lowest BCUT2D eigenvalue weighted by Crippen LogP contribution is -2.40. The lowest BCUT2D eigenvalue weighted by Gasteiger charge is -2.17. The molecule has 0 fully saturated rings. The van der Waals surface area contributed by atoms with Crippen LogP contribution in [0.15, 0.2) is 30.3 Å². The molecule has 1 aromatic heterocycles. The van der Waals surface area contributed by atoms with Crippen LogP contribution in [-0.2, 0) is 0 Å². The normalized spacial score (nSPS) is 12.3. The maximum absolute atomic E-state index is 12.5. The Bertz CT molecular complexity index is 624. The summed E-state index contributed by atoms with van der Waals surface area (Å²) < 4.78 is 0. The van der Waals surface area contributed by atoms with Gasteiger partial charge >= 0.3 is 0 Å². The van der Waals surface area contributed by atoms with Gasteiger partial charge in [-0.3, -0.25) is 9.78 Å². The Labute approximate surface area is 125 Å². The molecule has 0 aliphatic rings. The third kappa shape index (κ3) is 3.79. The number of hydrogen-bond donors (Lipinski definition) is 2. The second kappa shape index (κ2) is 7.18. The number of aryl methyl sites for hydroxylation is 1. The Morgan fingerprint density at radius 2 is 2.14 bits per heavy atom. The first-order valence-corrected chi connectivity index (χ1v) is 7.53. The van der Waals surface area contributed by atoms with E-state index < -0.39 is 0 Å². The largest absolute Gasteiger partial charge is 0.348 e. The fourth-order valence-electron chi connectivity index (χ4n) is 2.39. The Balaban J connectivity index is 2.24. The number of hydrogen-bond acceptors (Lipinski definition) is 3. The van der Waals surface area contributed by atoms with Crippen molar-refractivity contribution in [2.45, 2.75) is 39.2 Å². The van der Waals surface area contributed by atoms with Gasteiger partial charge in [0, 0.05) is 23.7 Å². The zero-order chi connectivity index (χ0) is 15.2. The molecular formula is C17H23N3O. The van der Waals surface area contributed by atoms with E-state index in [1.165, 1.54) is 0 Å². The van der Waals surface area contributed by atoms with Gasteiger partial charge in [-0.15, -0.1) is 0 Å². The van der Waals surface area contributed by atoms with E-state index >= 15 is 0 Å². The number of nitrogens with zero attached hydrogens (tertiary/aromatic N) is 1. The molecule has 1 aromatic carbocycles. The molecule has 0 aliphatic carbocycles. The van der Waals surface area contributed by atoms with Crippen molar-refractivity contribution in [3.8, 4) is 0 Å². The third-order valence-corrected chi connectivity index (χ3v) is 3.63. The van der Waals surface area contributed by atoms with Crippen LogP contribution in [0.2, 0.25) is 0 Å². The average molecular weight is 285 g/mol. The van der Waals surface area contributed by atoms with Crippen molar-refractivity contribution < 1.29 is 4.79 Å². The maximum atomic E-state index is 12.5. The van der Waals surface area contributed by atoms with Crippen LogP contribution in [0.3, 0.4) is 0 Å². The van der Waals surface area contributed by atoms with Crippen LogP contribution in [0.5, 0.6) is 0 Å². The molecule has 2 aromatic rings. The summed E-state index contributed by atoms with van der Waals surface area (Å²) >= 11 is 0. The monoisotopic (exact) mass is 285 g/mol. The van der Waals surface area contributed by atoms with E-state index in [0.29, 0.717) is 12.1 Å². The van der Waals surface area contributed by atoms with Crippen LogP contribution in [0, 0.1) is 6.92 Å². The maximum Gasteiger partial charge on any atom is 0.253 e. The Kier molecular flexibility index (Phi) is 5.28. The molecule has 1 amide bonds. The molecule has 112 valence electrons. The summed E-state index contributed by atoms with van der Waals surface area (Å²) in [6, 6.07) is 9.64. The van der Waals surface area contributed by atoms with Gasteiger partial charge in [-0.1, -0.05) is 38.0 Å². The predicted molar refractivity (Wildman–Crippen MR) is 86.3 cm³/mol. The minimum absolute atomic E-state index is 0.0255. The summed E-state index contributed by atoms with van der Waals surface area (Å²) in [7, 11) is 0. The van der Waals surface area contributed by atoms with E-state index in [2.05, 4.69) is 17.2 Å². The van der Waals surface area contributed by atoms with E-state index in [4.69, 9.17) is 5.73 Å². The van der Waals surface area contributed by atoms with Gasteiger partial charge in [-0.05, 0) is 25.5 Å². The molecule has 0 radical (unpaired) electrons. The minimum atomic E-state index is -0.0924. The van der Waals surface area contributed by atoms with Crippen molar-refractivity contribution in [1.82, 2.24) is 10.3 Å². The molecule has 0 saturated carbocycles. The molecule has 1 unspecified atom stereocenters. The smallest absolute Gasteiger partial charge is 0.253 e. The van der Waals surface area contributed by atoms with Crippen LogP contribution in [0.4, 0.5) is 0 Å². The van der Waals surface area contributed by atoms with E-state index in [-0.39, 0.29) is 11.9 Å². The number of rotatable bonds is 6. The van der Waals surface area contributed by atoms with E-state index in [1.54, 1.807) is 0 Å². The van der Waals surface area contributed by atoms with Crippen molar-refractivity contribution in [1.29, 1.82) is 0 Å². The highest BCUT2D eigenvalue weighted by Crippen LogP contribution is 2.17. The third-order valence-electron chi connectivity index (χ3n) is 3.63. The van der Waals surface area contributed by atoms with Gasteiger partial charge in [0.15, 0.2) is 0 Å². The summed E-state index contributed by atoms with van der Waals surface area (Å²) in [5.41, 5.74) is 8.02. The number of carbonyl (C=O) groups excluding carboxylic acids is 1. The van der Waals surface area contributed by atoms with Gasteiger partial charge in [0.05, 0.1) is 11.1 Å². The topological polar surface area (TPSA) is 68.0 Å². The standard InChI is InChI=1S/C17H23N3O/c1-3-4-7-14(11-18)20-17(21)15-8-5-6-13-10-9-12(2)19-16(13)15/h5-6,8-10,14H,3-4,7,11,18H2,1-2H3,(H,20,21). The van der Waals surface area contributed by atoms with Crippen LogP contribution in [-0.4, -0.2) is 23.5 Å². The second-order valence-corrected chi connectivity index (χ2v) is 5.38. The highest BCUT2D eigenvalue weighted by molar-refractivity contribution is 6.05. The molecule has 1 atom stereocenters. The van der Waals surface area contributed by atoms with Gasteiger partial charge in [0.25, 0.3) is 5.91 Å².